The standard InChI is InChI=1S/C19H19N3O3/c1-24-16-6-8-17(9-7-16)25-13-11-20-19(23)10-5-15-14-21-18-4-2-3-12-22(15)18/h2-10,12,14H,11,13H2,1H3,(H,20,23)/b10-5+. The number of hydrogen-bond donors (Lipinski definition) is 1. The van der Waals surface area contributed by atoms with E-state index in [-0.39, 0.29) is 5.91 Å². The molecule has 128 valence electrons. The third kappa shape index (κ3) is 4.38. The van der Waals surface area contributed by atoms with Crippen molar-refractivity contribution in [1.29, 1.82) is 0 Å². The molecule has 0 unspecified atom stereocenters. The van der Waals surface area contributed by atoms with Crippen molar-refractivity contribution >= 4 is 17.6 Å². The molecule has 0 fully saturated rings. The van der Waals surface area contributed by atoms with Gasteiger partial charge in [-0.25, -0.2) is 4.98 Å². The molecule has 0 aliphatic heterocycles. The van der Waals surface area contributed by atoms with Gasteiger partial charge in [0.1, 0.15) is 23.8 Å². The zero-order chi connectivity index (χ0) is 17.5. The number of imidazole rings is 1. The Labute approximate surface area is 145 Å². The summed E-state index contributed by atoms with van der Waals surface area (Å²) in [6, 6.07) is 13.1. The Hall–Kier alpha value is -3.28. The van der Waals surface area contributed by atoms with Crippen LogP contribution in [0.1, 0.15) is 5.69 Å². The topological polar surface area (TPSA) is 64.9 Å². The average Bonchev–Trinajstić information content (AvgIpc) is 3.07. The van der Waals surface area contributed by atoms with Crippen molar-refractivity contribution in [2.24, 2.45) is 0 Å². The molecule has 3 aromatic rings. The molecular formula is C19H19N3O3. The van der Waals surface area contributed by atoms with Crippen LogP contribution in [0.2, 0.25) is 0 Å². The Kier molecular flexibility index (Phi) is 5.31. The van der Waals surface area contributed by atoms with E-state index in [2.05, 4.69) is 10.3 Å². The summed E-state index contributed by atoms with van der Waals surface area (Å²) in [5.41, 5.74) is 1.69. The van der Waals surface area contributed by atoms with Crippen molar-refractivity contribution in [2.75, 3.05) is 20.3 Å². The van der Waals surface area contributed by atoms with Crippen LogP contribution in [-0.4, -0.2) is 35.6 Å². The first-order chi connectivity index (χ1) is 12.3. The molecule has 0 aliphatic carbocycles. The van der Waals surface area contributed by atoms with Gasteiger partial charge in [-0.2, -0.15) is 0 Å². The van der Waals surface area contributed by atoms with Crippen LogP contribution in [0.4, 0.5) is 0 Å². The third-order valence-corrected chi connectivity index (χ3v) is 3.58. The van der Waals surface area contributed by atoms with Crippen LogP contribution < -0.4 is 14.8 Å². The van der Waals surface area contributed by atoms with Crippen molar-refractivity contribution in [3.05, 3.63) is 66.6 Å². The zero-order valence-corrected chi connectivity index (χ0v) is 13.9. The van der Waals surface area contributed by atoms with E-state index in [4.69, 9.17) is 9.47 Å². The fourth-order valence-electron chi connectivity index (χ4n) is 2.31. The predicted molar refractivity (Wildman–Crippen MR) is 95.7 cm³/mol. The highest BCUT2D eigenvalue weighted by Crippen LogP contribution is 2.16. The van der Waals surface area contributed by atoms with Crippen LogP contribution in [0.15, 0.2) is 60.9 Å². The first-order valence-electron chi connectivity index (χ1n) is 7.91. The fraction of sp³-hybridized carbons (Fsp3) is 0.158. The number of carbonyl (C=O) groups excluding carboxylic acids is 1. The lowest BCUT2D eigenvalue weighted by Crippen LogP contribution is -2.26. The average molecular weight is 337 g/mol. The molecule has 1 amide bonds. The SMILES string of the molecule is COc1ccc(OCCNC(=O)/C=C/c2cnc3ccccn23)cc1. The Bertz CT molecular complexity index is 869. The van der Waals surface area contributed by atoms with Crippen molar-refractivity contribution in [3.8, 4) is 11.5 Å². The van der Waals surface area contributed by atoms with Crippen molar-refractivity contribution in [1.82, 2.24) is 14.7 Å². The van der Waals surface area contributed by atoms with E-state index in [1.165, 1.54) is 6.08 Å². The molecule has 6 heteroatoms. The molecule has 3 rings (SSSR count). The Morgan fingerprint density at radius 1 is 1.20 bits per heavy atom. The van der Waals surface area contributed by atoms with Gasteiger partial charge in [-0.15, -0.1) is 0 Å². The number of methoxy groups -OCH3 is 1. The molecule has 25 heavy (non-hydrogen) atoms. The second kappa shape index (κ2) is 8.01. The van der Waals surface area contributed by atoms with Crippen LogP contribution in [0, 0.1) is 0 Å². The van der Waals surface area contributed by atoms with Gasteiger partial charge in [0.15, 0.2) is 0 Å². The minimum atomic E-state index is -0.177. The Morgan fingerprint density at radius 3 is 2.80 bits per heavy atom. The maximum atomic E-state index is 11.9. The maximum absolute atomic E-state index is 11.9. The summed E-state index contributed by atoms with van der Waals surface area (Å²) in [7, 11) is 1.62. The summed E-state index contributed by atoms with van der Waals surface area (Å²) < 4.78 is 12.6. The third-order valence-electron chi connectivity index (χ3n) is 3.58. The molecule has 1 aromatic carbocycles. The normalized spacial score (nSPS) is 10.9. The Morgan fingerprint density at radius 2 is 2.00 bits per heavy atom. The van der Waals surface area contributed by atoms with Crippen LogP contribution in [0.5, 0.6) is 11.5 Å². The summed E-state index contributed by atoms with van der Waals surface area (Å²) in [5, 5.41) is 2.78. The van der Waals surface area contributed by atoms with Gasteiger partial charge in [0.25, 0.3) is 0 Å². The first-order valence-corrected chi connectivity index (χ1v) is 7.91. The monoisotopic (exact) mass is 337 g/mol. The number of aromatic nitrogens is 2. The highest BCUT2D eigenvalue weighted by atomic mass is 16.5. The van der Waals surface area contributed by atoms with E-state index in [0.29, 0.717) is 13.2 Å². The lowest BCUT2D eigenvalue weighted by Gasteiger charge is -2.07. The van der Waals surface area contributed by atoms with Gasteiger partial charge in [0.2, 0.25) is 5.91 Å². The smallest absolute Gasteiger partial charge is 0.244 e. The fourth-order valence-corrected chi connectivity index (χ4v) is 2.31. The summed E-state index contributed by atoms with van der Waals surface area (Å²) in [6.07, 6.45) is 6.86. The van der Waals surface area contributed by atoms with E-state index < -0.39 is 0 Å². The molecule has 0 atom stereocenters. The van der Waals surface area contributed by atoms with E-state index in [0.717, 1.165) is 22.8 Å². The number of benzene rings is 1. The molecular weight excluding hydrogens is 318 g/mol. The molecule has 0 spiro atoms. The molecule has 0 saturated carbocycles. The number of pyridine rings is 1. The van der Waals surface area contributed by atoms with E-state index in [1.54, 1.807) is 19.4 Å². The second-order valence-corrected chi connectivity index (χ2v) is 5.26. The zero-order valence-electron chi connectivity index (χ0n) is 13.9. The highest BCUT2D eigenvalue weighted by molar-refractivity contribution is 5.91. The number of fused-ring (bicyclic) bond motifs is 1. The molecule has 0 saturated heterocycles. The van der Waals surface area contributed by atoms with E-state index >= 15 is 0 Å². The molecule has 6 nitrogen and oxygen atoms in total. The number of nitrogens with zero attached hydrogens (tertiary/aromatic N) is 2. The summed E-state index contributed by atoms with van der Waals surface area (Å²) in [4.78, 5) is 16.1. The van der Waals surface area contributed by atoms with Gasteiger partial charge >= 0.3 is 0 Å². The Balaban J connectivity index is 1.44. The molecule has 2 heterocycles. The van der Waals surface area contributed by atoms with Gasteiger partial charge in [0, 0.05) is 12.3 Å². The van der Waals surface area contributed by atoms with Crippen molar-refractivity contribution in [3.63, 3.8) is 0 Å². The minimum Gasteiger partial charge on any atom is -0.497 e. The first kappa shape index (κ1) is 16.6. The number of nitrogens with one attached hydrogen (secondary N) is 1. The van der Waals surface area contributed by atoms with Gasteiger partial charge < -0.3 is 19.2 Å². The predicted octanol–water partition coefficient (Wildman–Crippen LogP) is 2.55. The van der Waals surface area contributed by atoms with Gasteiger partial charge in [0.05, 0.1) is 25.5 Å². The molecule has 2 aromatic heterocycles. The molecule has 0 aliphatic rings. The van der Waals surface area contributed by atoms with Crippen LogP contribution in [-0.2, 0) is 4.79 Å². The lowest BCUT2D eigenvalue weighted by atomic mass is 10.3. The number of carbonyl (C=O) groups is 1. The number of amides is 1. The van der Waals surface area contributed by atoms with E-state index in [1.807, 2.05) is 53.1 Å². The van der Waals surface area contributed by atoms with Crippen LogP contribution in [0.25, 0.3) is 11.7 Å². The van der Waals surface area contributed by atoms with Gasteiger partial charge in [-0.3, -0.25) is 4.79 Å². The van der Waals surface area contributed by atoms with Gasteiger partial charge in [-0.05, 0) is 42.5 Å². The second-order valence-electron chi connectivity index (χ2n) is 5.26. The number of ether oxygens (including phenoxy) is 2. The van der Waals surface area contributed by atoms with Crippen molar-refractivity contribution in [2.45, 2.75) is 0 Å². The minimum absolute atomic E-state index is 0.177. The molecule has 0 bridgehead atoms. The molecule has 1 N–H and O–H groups in total. The van der Waals surface area contributed by atoms with Crippen LogP contribution >= 0.6 is 0 Å². The number of hydrogen-bond acceptors (Lipinski definition) is 4. The summed E-state index contributed by atoms with van der Waals surface area (Å²) in [6.45, 7) is 0.809. The summed E-state index contributed by atoms with van der Waals surface area (Å²) in [5.74, 6) is 1.33. The molecule has 0 radical (unpaired) electrons. The quantitative estimate of drug-likeness (QED) is 0.531. The van der Waals surface area contributed by atoms with Crippen molar-refractivity contribution < 1.29 is 14.3 Å². The number of rotatable bonds is 7. The largest absolute Gasteiger partial charge is 0.497 e. The van der Waals surface area contributed by atoms with E-state index in [9.17, 15) is 4.79 Å². The summed E-state index contributed by atoms with van der Waals surface area (Å²) >= 11 is 0. The lowest BCUT2D eigenvalue weighted by molar-refractivity contribution is -0.116. The maximum Gasteiger partial charge on any atom is 0.244 e. The highest BCUT2D eigenvalue weighted by Gasteiger charge is 2.00. The van der Waals surface area contributed by atoms with Gasteiger partial charge in [-0.1, -0.05) is 6.07 Å². The van der Waals surface area contributed by atoms with Crippen LogP contribution in [0.3, 0.4) is 0 Å².